The molecule has 18 heavy (non-hydrogen) atoms. The van der Waals surface area contributed by atoms with Gasteiger partial charge in [-0.05, 0) is 43.7 Å². The van der Waals surface area contributed by atoms with E-state index in [0.29, 0.717) is 12.1 Å². The van der Waals surface area contributed by atoms with Crippen LogP contribution in [0.2, 0.25) is 0 Å². The number of benzene rings is 1. The molecule has 0 spiro atoms. The number of likely N-dealkylation sites (N-methyl/N-ethyl adjacent to an activating group) is 1. The zero-order valence-corrected chi connectivity index (χ0v) is 11.6. The van der Waals surface area contributed by atoms with Crippen LogP contribution < -0.4 is 10.2 Å². The molecule has 2 N–H and O–H groups in total. The standard InChI is InChI=1S/C14H23FN2O/c1-5-16-11(3)12-9-13(15)10(2)8-14(12)17(4)6-7-18/h8-9,11,16,18H,5-7H2,1-4H3. The Morgan fingerprint density at radius 2 is 2.11 bits per heavy atom. The molecule has 102 valence electrons. The van der Waals surface area contributed by atoms with Gasteiger partial charge in [0, 0.05) is 25.3 Å². The molecule has 0 aliphatic rings. The molecule has 0 fully saturated rings. The van der Waals surface area contributed by atoms with Gasteiger partial charge < -0.3 is 15.3 Å². The molecule has 0 saturated carbocycles. The quantitative estimate of drug-likeness (QED) is 0.817. The summed E-state index contributed by atoms with van der Waals surface area (Å²) in [6, 6.07) is 3.52. The molecule has 0 heterocycles. The molecular formula is C14H23FN2O. The van der Waals surface area contributed by atoms with Crippen molar-refractivity contribution in [3.05, 3.63) is 29.1 Å². The number of anilines is 1. The fraction of sp³-hybridized carbons (Fsp3) is 0.571. The number of aliphatic hydroxyl groups excluding tert-OH is 1. The highest BCUT2D eigenvalue weighted by Gasteiger charge is 2.15. The summed E-state index contributed by atoms with van der Waals surface area (Å²) >= 11 is 0. The van der Waals surface area contributed by atoms with Crippen LogP contribution in [-0.2, 0) is 0 Å². The number of aryl methyl sites for hydroxylation is 1. The molecule has 0 aromatic heterocycles. The van der Waals surface area contributed by atoms with Crippen LogP contribution >= 0.6 is 0 Å². The van der Waals surface area contributed by atoms with Gasteiger partial charge in [-0.15, -0.1) is 0 Å². The van der Waals surface area contributed by atoms with Gasteiger partial charge >= 0.3 is 0 Å². The summed E-state index contributed by atoms with van der Waals surface area (Å²) in [5, 5.41) is 12.3. The van der Waals surface area contributed by atoms with E-state index < -0.39 is 0 Å². The summed E-state index contributed by atoms with van der Waals surface area (Å²) in [6.45, 7) is 7.26. The lowest BCUT2D eigenvalue weighted by molar-refractivity contribution is 0.304. The van der Waals surface area contributed by atoms with Gasteiger partial charge in [0.05, 0.1) is 6.61 Å². The predicted molar refractivity (Wildman–Crippen MR) is 73.6 cm³/mol. The number of aliphatic hydroxyl groups is 1. The van der Waals surface area contributed by atoms with Crippen LogP contribution in [-0.4, -0.2) is 31.9 Å². The molecular weight excluding hydrogens is 231 g/mol. The maximum Gasteiger partial charge on any atom is 0.126 e. The van der Waals surface area contributed by atoms with Crippen LogP contribution in [0, 0.1) is 12.7 Å². The van der Waals surface area contributed by atoms with E-state index in [2.05, 4.69) is 5.32 Å². The highest BCUT2D eigenvalue weighted by molar-refractivity contribution is 5.56. The summed E-state index contributed by atoms with van der Waals surface area (Å²) in [5.41, 5.74) is 2.52. The molecule has 0 aliphatic carbocycles. The minimum absolute atomic E-state index is 0.0845. The summed E-state index contributed by atoms with van der Waals surface area (Å²) in [7, 11) is 1.91. The Hall–Kier alpha value is -1.13. The average Bonchev–Trinajstić information content (AvgIpc) is 2.32. The third-order valence-corrected chi connectivity index (χ3v) is 3.13. The summed E-state index contributed by atoms with van der Waals surface area (Å²) in [4.78, 5) is 1.95. The summed E-state index contributed by atoms with van der Waals surface area (Å²) < 4.78 is 13.7. The number of hydrogen-bond acceptors (Lipinski definition) is 3. The summed E-state index contributed by atoms with van der Waals surface area (Å²) in [5.74, 6) is -0.184. The van der Waals surface area contributed by atoms with Gasteiger partial charge in [0.2, 0.25) is 0 Å². The van der Waals surface area contributed by atoms with Crippen LogP contribution in [0.15, 0.2) is 12.1 Å². The van der Waals surface area contributed by atoms with Crippen LogP contribution in [0.25, 0.3) is 0 Å². The van der Waals surface area contributed by atoms with Crippen molar-refractivity contribution in [3.63, 3.8) is 0 Å². The van der Waals surface area contributed by atoms with Crippen LogP contribution in [0.3, 0.4) is 0 Å². The fourth-order valence-corrected chi connectivity index (χ4v) is 2.05. The largest absolute Gasteiger partial charge is 0.395 e. The fourth-order valence-electron chi connectivity index (χ4n) is 2.05. The van der Waals surface area contributed by atoms with Crippen LogP contribution in [0.4, 0.5) is 10.1 Å². The molecule has 1 aromatic rings. The van der Waals surface area contributed by atoms with Crippen LogP contribution in [0.5, 0.6) is 0 Å². The minimum Gasteiger partial charge on any atom is -0.395 e. The lowest BCUT2D eigenvalue weighted by atomic mass is 10.0. The minimum atomic E-state index is -0.184. The average molecular weight is 254 g/mol. The van der Waals surface area contributed by atoms with Crippen molar-refractivity contribution < 1.29 is 9.50 Å². The predicted octanol–water partition coefficient (Wildman–Crippen LogP) is 2.23. The van der Waals surface area contributed by atoms with E-state index in [4.69, 9.17) is 5.11 Å². The van der Waals surface area contributed by atoms with Gasteiger partial charge in [0.1, 0.15) is 5.82 Å². The molecule has 1 unspecified atom stereocenters. The van der Waals surface area contributed by atoms with E-state index in [-0.39, 0.29) is 18.5 Å². The van der Waals surface area contributed by atoms with Gasteiger partial charge in [-0.2, -0.15) is 0 Å². The van der Waals surface area contributed by atoms with Crippen molar-refractivity contribution in [1.82, 2.24) is 5.32 Å². The number of hydrogen-bond donors (Lipinski definition) is 2. The van der Waals surface area contributed by atoms with E-state index in [1.807, 2.05) is 31.9 Å². The van der Waals surface area contributed by atoms with Gasteiger partial charge in [0.25, 0.3) is 0 Å². The van der Waals surface area contributed by atoms with Crippen LogP contribution in [0.1, 0.15) is 31.0 Å². The van der Waals surface area contributed by atoms with E-state index >= 15 is 0 Å². The second kappa shape index (κ2) is 6.71. The highest BCUT2D eigenvalue weighted by Crippen LogP contribution is 2.28. The molecule has 0 aliphatic heterocycles. The highest BCUT2D eigenvalue weighted by atomic mass is 19.1. The third kappa shape index (κ3) is 3.43. The first-order chi connectivity index (χ1) is 8.51. The molecule has 0 bridgehead atoms. The van der Waals surface area contributed by atoms with Gasteiger partial charge in [-0.1, -0.05) is 6.92 Å². The van der Waals surface area contributed by atoms with Gasteiger partial charge in [0.15, 0.2) is 0 Å². The summed E-state index contributed by atoms with van der Waals surface area (Å²) in [6.07, 6.45) is 0. The smallest absolute Gasteiger partial charge is 0.126 e. The van der Waals surface area contributed by atoms with E-state index in [9.17, 15) is 4.39 Å². The molecule has 0 saturated heterocycles. The van der Waals surface area contributed by atoms with Crippen molar-refractivity contribution in [1.29, 1.82) is 0 Å². The first-order valence-corrected chi connectivity index (χ1v) is 6.36. The molecule has 1 rings (SSSR count). The number of rotatable bonds is 6. The molecule has 0 amide bonds. The Bertz CT molecular complexity index is 359. The monoisotopic (exact) mass is 254 g/mol. The number of halogens is 1. The number of nitrogens with zero attached hydrogens (tertiary/aromatic N) is 1. The van der Waals surface area contributed by atoms with Crippen molar-refractivity contribution in [2.75, 3.05) is 31.6 Å². The lowest BCUT2D eigenvalue weighted by Gasteiger charge is -2.25. The Labute approximate surface area is 109 Å². The molecule has 0 radical (unpaired) electrons. The Morgan fingerprint density at radius 1 is 1.44 bits per heavy atom. The third-order valence-electron chi connectivity index (χ3n) is 3.13. The zero-order chi connectivity index (χ0) is 13.7. The Kier molecular flexibility index (Phi) is 5.56. The number of nitrogens with one attached hydrogen (secondary N) is 1. The van der Waals surface area contributed by atoms with Crippen molar-refractivity contribution in [2.24, 2.45) is 0 Å². The van der Waals surface area contributed by atoms with E-state index in [0.717, 1.165) is 17.8 Å². The maximum absolute atomic E-state index is 13.7. The van der Waals surface area contributed by atoms with E-state index in [1.54, 1.807) is 13.0 Å². The SMILES string of the molecule is CCNC(C)c1cc(F)c(C)cc1N(C)CCO. The normalized spacial score (nSPS) is 12.6. The second-order valence-corrected chi connectivity index (χ2v) is 4.58. The van der Waals surface area contributed by atoms with Gasteiger partial charge in [-0.3, -0.25) is 0 Å². The molecule has 1 aromatic carbocycles. The van der Waals surface area contributed by atoms with Gasteiger partial charge in [-0.25, -0.2) is 4.39 Å². The first-order valence-electron chi connectivity index (χ1n) is 6.36. The second-order valence-electron chi connectivity index (χ2n) is 4.58. The van der Waals surface area contributed by atoms with Crippen molar-refractivity contribution >= 4 is 5.69 Å². The van der Waals surface area contributed by atoms with Crippen molar-refractivity contribution in [2.45, 2.75) is 26.8 Å². The Morgan fingerprint density at radius 3 is 2.67 bits per heavy atom. The maximum atomic E-state index is 13.7. The van der Waals surface area contributed by atoms with Crippen molar-refractivity contribution in [3.8, 4) is 0 Å². The molecule has 4 heteroatoms. The first kappa shape index (κ1) is 14.9. The van der Waals surface area contributed by atoms with E-state index in [1.165, 1.54) is 0 Å². The topological polar surface area (TPSA) is 35.5 Å². The Balaban J connectivity index is 3.16. The lowest BCUT2D eigenvalue weighted by Crippen LogP contribution is -2.26. The molecule has 3 nitrogen and oxygen atoms in total. The zero-order valence-electron chi connectivity index (χ0n) is 11.6. The molecule has 1 atom stereocenters.